The van der Waals surface area contributed by atoms with Crippen molar-refractivity contribution in [3.8, 4) is 5.75 Å². The zero-order valence-corrected chi connectivity index (χ0v) is 14.3. The van der Waals surface area contributed by atoms with Gasteiger partial charge in [0.25, 0.3) is 5.91 Å². The number of aryl methyl sites for hydroxylation is 2. The number of ether oxygens (including phenoxy) is 1. The molecule has 3 rings (SSSR count). The molecule has 1 unspecified atom stereocenters. The lowest BCUT2D eigenvalue weighted by molar-refractivity contribution is -0.122. The second-order valence-electron chi connectivity index (χ2n) is 6.03. The minimum Gasteiger partial charge on any atom is -0.481 e. The number of carbonyl (C=O) groups excluding carboxylic acids is 1. The summed E-state index contributed by atoms with van der Waals surface area (Å²) in [5, 5.41) is 3.62. The van der Waals surface area contributed by atoms with Crippen molar-refractivity contribution < 1.29 is 13.9 Å². The molecule has 1 atom stereocenters. The first-order valence-corrected chi connectivity index (χ1v) is 8.01. The molecule has 0 aliphatic rings. The molecule has 5 nitrogen and oxygen atoms in total. The van der Waals surface area contributed by atoms with E-state index in [1.807, 2.05) is 44.2 Å². The van der Waals surface area contributed by atoms with Crippen LogP contribution in [-0.4, -0.2) is 12.0 Å². The van der Waals surface area contributed by atoms with Gasteiger partial charge in [-0.15, -0.1) is 0 Å². The molecule has 1 heterocycles. The van der Waals surface area contributed by atoms with Crippen LogP contribution in [0.2, 0.25) is 0 Å². The number of rotatable bonds is 4. The summed E-state index contributed by atoms with van der Waals surface area (Å²) in [5.41, 5.74) is 2.47. The lowest BCUT2D eigenvalue weighted by Gasteiger charge is -2.15. The summed E-state index contributed by atoms with van der Waals surface area (Å²) in [7, 11) is 0. The minimum atomic E-state index is -0.665. The lowest BCUT2D eigenvalue weighted by atomic mass is 10.1. The van der Waals surface area contributed by atoms with E-state index in [1.165, 1.54) is 6.07 Å². The fourth-order valence-corrected chi connectivity index (χ4v) is 2.59. The minimum absolute atomic E-state index is 0.282. The van der Waals surface area contributed by atoms with Crippen molar-refractivity contribution in [2.75, 3.05) is 5.32 Å². The molecule has 0 radical (unpaired) electrons. The van der Waals surface area contributed by atoms with Crippen molar-refractivity contribution in [2.24, 2.45) is 0 Å². The average molecular weight is 337 g/mol. The molecule has 0 fully saturated rings. The van der Waals surface area contributed by atoms with E-state index in [1.54, 1.807) is 19.1 Å². The highest BCUT2D eigenvalue weighted by atomic mass is 16.5. The first-order chi connectivity index (χ1) is 11.9. The van der Waals surface area contributed by atoms with Gasteiger partial charge in [-0.25, -0.2) is 4.79 Å². The maximum absolute atomic E-state index is 12.3. The van der Waals surface area contributed by atoms with Crippen molar-refractivity contribution >= 4 is 22.6 Å². The van der Waals surface area contributed by atoms with Crippen molar-refractivity contribution in [3.05, 3.63) is 70.1 Å². The predicted octanol–water partition coefficient (Wildman–Crippen LogP) is 3.82. The maximum atomic E-state index is 12.3. The van der Waals surface area contributed by atoms with E-state index in [4.69, 9.17) is 9.15 Å². The molecule has 0 bridgehead atoms. The van der Waals surface area contributed by atoms with Crippen LogP contribution in [0.3, 0.4) is 0 Å². The van der Waals surface area contributed by atoms with Gasteiger partial charge in [0.2, 0.25) is 0 Å². The van der Waals surface area contributed by atoms with Gasteiger partial charge in [-0.3, -0.25) is 4.79 Å². The SMILES string of the molecule is Cc1cccc(OC(C)C(=O)Nc2ccc3c(C)cc(=O)oc3c2)c1. The van der Waals surface area contributed by atoms with E-state index >= 15 is 0 Å². The number of hydrogen-bond acceptors (Lipinski definition) is 4. The van der Waals surface area contributed by atoms with Crippen molar-refractivity contribution in [1.82, 2.24) is 0 Å². The highest BCUT2D eigenvalue weighted by molar-refractivity contribution is 5.96. The standard InChI is InChI=1S/C20H19NO4/c1-12-5-4-6-16(9-12)24-14(3)20(23)21-15-7-8-17-13(2)10-19(22)25-18(17)11-15/h4-11,14H,1-3H3,(H,21,23). The monoisotopic (exact) mass is 337 g/mol. The molecule has 1 aromatic heterocycles. The van der Waals surface area contributed by atoms with Crippen LogP contribution < -0.4 is 15.7 Å². The van der Waals surface area contributed by atoms with Crippen LogP contribution in [0.15, 0.2) is 57.7 Å². The molecular weight excluding hydrogens is 318 g/mol. The molecule has 3 aromatic rings. The van der Waals surface area contributed by atoms with E-state index in [-0.39, 0.29) is 5.91 Å². The molecule has 2 aromatic carbocycles. The van der Waals surface area contributed by atoms with E-state index in [0.717, 1.165) is 16.5 Å². The topological polar surface area (TPSA) is 68.5 Å². The Morgan fingerprint density at radius 1 is 1.12 bits per heavy atom. The normalized spacial score (nSPS) is 12.0. The molecule has 0 saturated heterocycles. The fraction of sp³-hybridized carbons (Fsp3) is 0.200. The number of amides is 1. The third-order valence-electron chi connectivity index (χ3n) is 3.89. The van der Waals surface area contributed by atoms with Crippen LogP contribution in [0.25, 0.3) is 11.0 Å². The van der Waals surface area contributed by atoms with Crippen molar-refractivity contribution in [2.45, 2.75) is 26.9 Å². The van der Waals surface area contributed by atoms with E-state index in [2.05, 4.69) is 5.32 Å². The Morgan fingerprint density at radius 3 is 2.68 bits per heavy atom. The van der Waals surface area contributed by atoms with Gasteiger partial charge < -0.3 is 14.5 Å². The quantitative estimate of drug-likeness (QED) is 0.735. The van der Waals surface area contributed by atoms with Crippen LogP contribution >= 0.6 is 0 Å². The second-order valence-corrected chi connectivity index (χ2v) is 6.03. The number of carbonyl (C=O) groups is 1. The van der Waals surface area contributed by atoms with Crippen molar-refractivity contribution in [1.29, 1.82) is 0 Å². The van der Waals surface area contributed by atoms with Gasteiger partial charge >= 0.3 is 5.63 Å². The molecule has 5 heteroatoms. The Kier molecular flexibility index (Phi) is 4.57. The molecule has 128 valence electrons. The Morgan fingerprint density at radius 2 is 1.92 bits per heavy atom. The van der Waals surface area contributed by atoms with E-state index in [0.29, 0.717) is 17.0 Å². The third kappa shape index (κ3) is 3.88. The van der Waals surface area contributed by atoms with E-state index in [9.17, 15) is 9.59 Å². The summed E-state index contributed by atoms with van der Waals surface area (Å²) in [5.74, 6) is 0.360. The average Bonchev–Trinajstić information content (AvgIpc) is 2.54. The third-order valence-corrected chi connectivity index (χ3v) is 3.89. The van der Waals surface area contributed by atoms with Gasteiger partial charge in [0.05, 0.1) is 0 Å². The van der Waals surface area contributed by atoms with Crippen LogP contribution in [-0.2, 0) is 4.79 Å². The maximum Gasteiger partial charge on any atom is 0.336 e. The Labute approximate surface area is 145 Å². The Bertz CT molecular complexity index is 990. The zero-order valence-electron chi connectivity index (χ0n) is 14.3. The molecule has 0 aliphatic heterocycles. The fourth-order valence-electron chi connectivity index (χ4n) is 2.59. The summed E-state index contributed by atoms with van der Waals surface area (Å²) >= 11 is 0. The van der Waals surface area contributed by atoms with Crippen LogP contribution in [0.4, 0.5) is 5.69 Å². The first-order valence-electron chi connectivity index (χ1n) is 8.01. The first kappa shape index (κ1) is 16.8. The zero-order chi connectivity index (χ0) is 18.0. The molecule has 1 amide bonds. The molecule has 0 saturated carbocycles. The molecular formula is C20H19NO4. The lowest BCUT2D eigenvalue weighted by Crippen LogP contribution is -2.30. The Hall–Kier alpha value is -3.08. The van der Waals surface area contributed by atoms with Crippen LogP contribution in [0.5, 0.6) is 5.75 Å². The van der Waals surface area contributed by atoms with E-state index < -0.39 is 11.7 Å². The molecule has 25 heavy (non-hydrogen) atoms. The highest BCUT2D eigenvalue weighted by Gasteiger charge is 2.15. The second kappa shape index (κ2) is 6.81. The van der Waals surface area contributed by atoms with Gasteiger partial charge in [-0.05, 0) is 56.2 Å². The summed E-state index contributed by atoms with van der Waals surface area (Å²) in [4.78, 5) is 23.8. The van der Waals surface area contributed by atoms with Gasteiger partial charge in [-0.2, -0.15) is 0 Å². The largest absolute Gasteiger partial charge is 0.481 e. The summed E-state index contributed by atoms with van der Waals surface area (Å²) in [6.07, 6.45) is -0.665. The number of benzene rings is 2. The number of fused-ring (bicyclic) bond motifs is 1. The summed E-state index contributed by atoms with van der Waals surface area (Å²) in [6.45, 7) is 5.49. The summed E-state index contributed by atoms with van der Waals surface area (Å²) in [6, 6.07) is 14.2. The molecule has 1 N–H and O–H groups in total. The Balaban J connectivity index is 1.76. The number of nitrogens with one attached hydrogen (secondary N) is 1. The van der Waals surface area contributed by atoms with Crippen molar-refractivity contribution in [3.63, 3.8) is 0 Å². The number of hydrogen-bond donors (Lipinski definition) is 1. The van der Waals surface area contributed by atoms with Gasteiger partial charge in [0.15, 0.2) is 6.10 Å². The van der Waals surface area contributed by atoms with Gasteiger partial charge in [0, 0.05) is 23.2 Å². The van der Waals surface area contributed by atoms with Gasteiger partial charge in [-0.1, -0.05) is 12.1 Å². The number of anilines is 1. The van der Waals surface area contributed by atoms with Crippen LogP contribution in [0.1, 0.15) is 18.1 Å². The predicted molar refractivity (Wildman–Crippen MR) is 97.1 cm³/mol. The molecule has 0 spiro atoms. The van der Waals surface area contributed by atoms with Gasteiger partial charge in [0.1, 0.15) is 11.3 Å². The highest BCUT2D eigenvalue weighted by Crippen LogP contribution is 2.21. The van der Waals surface area contributed by atoms with Crippen LogP contribution in [0, 0.1) is 13.8 Å². The molecule has 0 aliphatic carbocycles. The smallest absolute Gasteiger partial charge is 0.336 e. The summed E-state index contributed by atoms with van der Waals surface area (Å²) < 4.78 is 10.9.